The van der Waals surface area contributed by atoms with Crippen molar-refractivity contribution in [3.05, 3.63) is 46.3 Å². The number of hydrogen-bond acceptors (Lipinski definition) is 8. The second kappa shape index (κ2) is 10.4. The monoisotopic (exact) mass is 375 g/mol. The Morgan fingerprint density at radius 2 is 1.81 bits per heavy atom. The van der Waals surface area contributed by atoms with Crippen LogP contribution in [0.4, 0.5) is 23.0 Å². The molecular weight excluding hydrogens is 350 g/mol. The third kappa shape index (κ3) is 5.35. The number of ether oxygens (including phenoxy) is 2. The smallest absolute Gasteiger partial charge is 0.353 e. The summed E-state index contributed by atoms with van der Waals surface area (Å²) >= 11 is 0. The second-order valence-electron chi connectivity index (χ2n) is 5.76. The Bertz CT molecular complexity index is 748. The van der Waals surface area contributed by atoms with Crippen LogP contribution in [0.3, 0.4) is 0 Å². The average Bonchev–Trinajstić information content (AvgIpc) is 2.68. The number of anilines is 3. The number of hydrogen-bond donors (Lipinski definition) is 1. The normalized spacial score (nSPS) is 10.6. The molecule has 0 aliphatic rings. The number of nitrogens with zero attached hydrogens (tertiary/aromatic N) is 4. The number of methoxy groups -OCH3 is 2. The number of aryl methyl sites for hydroxylation is 1. The number of aromatic nitrogens is 2. The maximum absolute atomic E-state index is 11.8. The summed E-state index contributed by atoms with van der Waals surface area (Å²) < 4.78 is 10.2. The zero-order valence-electron chi connectivity index (χ0n) is 15.8. The van der Waals surface area contributed by atoms with E-state index in [2.05, 4.69) is 15.3 Å². The second-order valence-corrected chi connectivity index (χ2v) is 5.76. The van der Waals surface area contributed by atoms with Crippen LogP contribution in [-0.4, -0.2) is 55.4 Å². The van der Waals surface area contributed by atoms with E-state index in [4.69, 9.17) is 9.47 Å². The van der Waals surface area contributed by atoms with Gasteiger partial charge in [-0.25, -0.2) is 9.97 Å². The van der Waals surface area contributed by atoms with Crippen LogP contribution in [-0.2, 0) is 15.9 Å². The zero-order chi connectivity index (χ0) is 19.6. The molecule has 0 aliphatic carbocycles. The summed E-state index contributed by atoms with van der Waals surface area (Å²) in [7, 11) is 3.16. The van der Waals surface area contributed by atoms with E-state index >= 15 is 0 Å². The highest BCUT2D eigenvalue weighted by Crippen LogP contribution is 2.34. The fraction of sp³-hybridized carbons (Fsp3) is 0.444. The molecule has 0 radical (unpaired) electrons. The highest BCUT2D eigenvalue weighted by Gasteiger charge is 2.27. The molecule has 1 aromatic carbocycles. The molecule has 0 fully saturated rings. The molecule has 2 aromatic rings. The van der Waals surface area contributed by atoms with Gasteiger partial charge in [-0.05, 0) is 18.1 Å². The van der Waals surface area contributed by atoms with Crippen molar-refractivity contribution in [1.82, 2.24) is 9.97 Å². The van der Waals surface area contributed by atoms with Gasteiger partial charge in [0.2, 0.25) is 11.6 Å². The van der Waals surface area contributed by atoms with Crippen LogP contribution in [0.5, 0.6) is 0 Å². The minimum Gasteiger partial charge on any atom is -0.383 e. The molecule has 1 aromatic heterocycles. The Labute approximate surface area is 158 Å². The van der Waals surface area contributed by atoms with E-state index in [9.17, 15) is 10.1 Å². The summed E-state index contributed by atoms with van der Waals surface area (Å²) in [5, 5.41) is 14.9. The first-order valence-electron chi connectivity index (χ1n) is 8.69. The van der Waals surface area contributed by atoms with Gasteiger partial charge in [0, 0.05) is 33.0 Å². The van der Waals surface area contributed by atoms with E-state index in [-0.39, 0.29) is 17.3 Å². The van der Waals surface area contributed by atoms with Crippen molar-refractivity contribution in [2.24, 2.45) is 0 Å². The van der Waals surface area contributed by atoms with Crippen LogP contribution in [0.25, 0.3) is 0 Å². The van der Waals surface area contributed by atoms with Gasteiger partial charge in [0.05, 0.1) is 18.1 Å². The maximum Gasteiger partial charge on any atom is 0.353 e. The van der Waals surface area contributed by atoms with Crippen molar-refractivity contribution in [3.63, 3.8) is 0 Å². The Hall–Kier alpha value is -2.78. The third-order valence-corrected chi connectivity index (χ3v) is 4.07. The van der Waals surface area contributed by atoms with Crippen LogP contribution in [0.2, 0.25) is 0 Å². The Kier molecular flexibility index (Phi) is 7.90. The van der Waals surface area contributed by atoms with Crippen molar-refractivity contribution >= 4 is 23.0 Å². The van der Waals surface area contributed by atoms with Gasteiger partial charge in [-0.2, -0.15) is 0 Å². The van der Waals surface area contributed by atoms with E-state index < -0.39 is 4.92 Å². The predicted octanol–water partition coefficient (Wildman–Crippen LogP) is 2.79. The summed E-state index contributed by atoms with van der Waals surface area (Å²) in [5.74, 6) is 0.395. The van der Waals surface area contributed by atoms with E-state index in [1.165, 1.54) is 6.33 Å². The van der Waals surface area contributed by atoms with E-state index in [0.717, 1.165) is 17.7 Å². The summed E-state index contributed by atoms with van der Waals surface area (Å²) in [6.07, 6.45) is 2.12. The van der Waals surface area contributed by atoms with Gasteiger partial charge < -0.3 is 19.7 Å². The van der Waals surface area contributed by atoms with E-state index in [1.807, 2.05) is 31.2 Å². The van der Waals surface area contributed by atoms with Crippen LogP contribution < -0.4 is 10.2 Å². The largest absolute Gasteiger partial charge is 0.383 e. The summed E-state index contributed by atoms with van der Waals surface area (Å²) in [6, 6.07) is 7.65. The fourth-order valence-electron chi connectivity index (χ4n) is 2.67. The molecule has 27 heavy (non-hydrogen) atoms. The molecule has 0 saturated carbocycles. The highest BCUT2D eigenvalue weighted by molar-refractivity contribution is 5.75. The molecule has 0 atom stereocenters. The Morgan fingerprint density at radius 3 is 2.41 bits per heavy atom. The molecule has 9 heteroatoms. The summed E-state index contributed by atoms with van der Waals surface area (Å²) in [5.41, 5.74) is 1.66. The molecule has 0 bridgehead atoms. The molecule has 0 saturated heterocycles. The third-order valence-electron chi connectivity index (χ3n) is 4.07. The molecule has 9 nitrogen and oxygen atoms in total. The van der Waals surface area contributed by atoms with Crippen LogP contribution in [0, 0.1) is 10.1 Å². The molecule has 146 valence electrons. The maximum atomic E-state index is 11.8. The number of nitro groups is 1. The lowest BCUT2D eigenvalue weighted by molar-refractivity contribution is -0.383. The van der Waals surface area contributed by atoms with Gasteiger partial charge in [0.15, 0.2) is 0 Å². The Morgan fingerprint density at radius 1 is 1.15 bits per heavy atom. The van der Waals surface area contributed by atoms with Crippen molar-refractivity contribution < 1.29 is 14.4 Å². The first-order valence-corrected chi connectivity index (χ1v) is 8.69. The summed E-state index contributed by atoms with van der Waals surface area (Å²) in [4.78, 5) is 21.4. The van der Waals surface area contributed by atoms with Gasteiger partial charge >= 0.3 is 5.69 Å². The van der Waals surface area contributed by atoms with Gasteiger partial charge in [0.1, 0.15) is 6.33 Å². The van der Waals surface area contributed by atoms with Gasteiger partial charge in [-0.1, -0.05) is 25.1 Å². The van der Waals surface area contributed by atoms with E-state index in [0.29, 0.717) is 26.3 Å². The molecule has 1 heterocycles. The lowest BCUT2D eigenvalue weighted by Crippen LogP contribution is -2.32. The lowest BCUT2D eigenvalue weighted by atomic mass is 10.1. The molecule has 1 N–H and O–H groups in total. The topological polar surface area (TPSA) is 103 Å². The van der Waals surface area contributed by atoms with Crippen LogP contribution in [0.1, 0.15) is 12.5 Å². The van der Waals surface area contributed by atoms with Crippen molar-refractivity contribution in [1.29, 1.82) is 0 Å². The van der Waals surface area contributed by atoms with Crippen molar-refractivity contribution in [2.45, 2.75) is 13.3 Å². The lowest BCUT2D eigenvalue weighted by Gasteiger charge is -2.23. The first-order chi connectivity index (χ1) is 13.1. The molecule has 0 amide bonds. The first kappa shape index (κ1) is 20.5. The fourth-order valence-corrected chi connectivity index (χ4v) is 2.67. The number of rotatable bonds is 11. The standard InChI is InChI=1S/C18H25N5O4/c1-4-14-7-5-6-8-15(14)21-17-16(23(24)25)18(20-13-19-17)22(9-11-26-2)10-12-27-3/h5-8,13H,4,9-12H2,1-3H3,(H,19,20,21). The molecule has 2 rings (SSSR count). The quantitative estimate of drug-likeness (QED) is 0.472. The van der Waals surface area contributed by atoms with Gasteiger partial charge in [-0.3, -0.25) is 10.1 Å². The molecular formula is C18H25N5O4. The molecule has 0 aliphatic heterocycles. The minimum absolute atomic E-state index is 0.158. The number of nitrogens with one attached hydrogen (secondary N) is 1. The van der Waals surface area contributed by atoms with E-state index in [1.54, 1.807) is 19.1 Å². The summed E-state index contributed by atoms with van der Waals surface area (Å²) in [6.45, 7) is 3.74. The Balaban J connectivity index is 2.44. The van der Waals surface area contributed by atoms with Crippen LogP contribution in [0.15, 0.2) is 30.6 Å². The number of para-hydroxylation sites is 1. The van der Waals surface area contributed by atoms with Gasteiger partial charge in [0.25, 0.3) is 0 Å². The highest BCUT2D eigenvalue weighted by atomic mass is 16.6. The van der Waals surface area contributed by atoms with Gasteiger partial charge in [-0.15, -0.1) is 0 Å². The average molecular weight is 375 g/mol. The zero-order valence-corrected chi connectivity index (χ0v) is 15.8. The number of benzene rings is 1. The van der Waals surface area contributed by atoms with Crippen LogP contribution >= 0.6 is 0 Å². The SMILES string of the molecule is CCc1ccccc1Nc1ncnc(N(CCOC)CCOC)c1[N+](=O)[O-]. The minimum atomic E-state index is -0.459. The predicted molar refractivity (Wildman–Crippen MR) is 104 cm³/mol. The van der Waals surface area contributed by atoms with Crippen molar-refractivity contribution in [3.8, 4) is 0 Å². The van der Waals surface area contributed by atoms with Crippen molar-refractivity contribution in [2.75, 3.05) is 50.7 Å². The molecule has 0 unspecified atom stereocenters. The molecule has 0 spiro atoms.